The number of aromatic nitrogens is 6. The van der Waals surface area contributed by atoms with Gasteiger partial charge in [-0.3, -0.25) is 0 Å². The largest absolute Gasteiger partial charge is 0.494 e. The van der Waals surface area contributed by atoms with E-state index in [1.54, 1.807) is 0 Å². The van der Waals surface area contributed by atoms with E-state index >= 15 is 0 Å². The maximum atomic E-state index is 12.3. The van der Waals surface area contributed by atoms with Gasteiger partial charge >= 0.3 is 13.7 Å². The summed E-state index contributed by atoms with van der Waals surface area (Å²) in [6.07, 6.45) is 13.9. The number of aryl methyl sites for hydroxylation is 4. The lowest BCUT2D eigenvalue weighted by Gasteiger charge is -2.24. The summed E-state index contributed by atoms with van der Waals surface area (Å²) >= 11 is 0. The second-order valence-corrected chi connectivity index (χ2v) is 22.5. The number of nitriles is 2. The maximum Gasteiger partial charge on any atom is 0.328 e. The molecule has 0 unspecified atom stereocenters. The molecule has 0 saturated carbocycles. The molecular weight excluding hydrogens is 1050 g/mol. The Bertz CT molecular complexity index is 3710. The maximum absolute atomic E-state index is 12.3. The van der Waals surface area contributed by atoms with Crippen LogP contribution in [0.2, 0.25) is 0 Å². The lowest BCUT2D eigenvalue weighted by Crippen LogP contribution is -2.54. The van der Waals surface area contributed by atoms with Crippen molar-refractivity contribution in [3.05, 3.63) is 227 Å². The summed E-state index contributed by atoms with van der Waals surface area (Å²) < 4.78 is 17.7. The predicted octanol–water partition coefficient (Wildman–Crippen LogP) is 12.8. The van der Waals surface area contributed by atoms with Crippen LogP contribution in [0.15, 0.2) is 182 Å². The van der Waals surface area contributed by atoms with Crippen LogP contribution >= 0.6 is 0 Å². The van der Waals surface area contributed by atoms with E-state index < -0.39 is 13.7 Å². The predicted molar refractivity (Wildman–Crippen MR) is 354 cm³/mol. The first-order chi connectivity index (χ1) is 42.2. The Morgan fingerprint density at radius 1 is 0.395 bits per heavy atom. The molecule has 0 N–H and O–H groups in total. The Hall–Kier alpha value is -9.25. The minimum atomic E-state index is -0.554. The fourth-order valence-electron chi connectivity index (χ4n) is 12.2. The Balaban J connectivity index is 1.44. The molecule has 12 heteroatoms. The minimum Gasteiger partial charge on any atom is -0.494 e. The third-order valence-electron chi connectivity index (χ3n) is 16.0. The molecule has 6 aromatic carbocycles. The van der Waals surface area contributed by atoms with E-state index in [9.17, 15) is 10.5 Å². The van der Waals surface area contributed by atoms with Crippen LogP contribution in [0.3, 0.4) is 0 Å². The van der Waals surface area contributed by atoms with Crippen LogP contribution in [0.5, 0.6) is 11.5 Å². The van der Waals surface area contributed by atoms with Gasteiger partial charge in [0.05, 0.1) is 23.9 Å². The summed E-state index contributed by atoms with van der Waals surface area (Å²) in [5.74, 6) is 2.09. The molecule has 4 aromatic heterocycles. The third kappa shape index (κ3) is 13.6. The van der Waals surface area contributed by atoms with E-state index in [1.807, 2.05) is 64.1 Å². The zero-order valence-corrected chi connectivity index (χ0v) is 50.8. The number of ether oxygens (including phenoxy) is 2. The van der Waals surface area contributed by atoms with Gasteiger partial charge in [-0.15, -0.1) is 0 Å². The highest BCUT2D eigenvalue weighted by molar-refractivity contribution is 6.85. The van der Waals surface area contributed by atoms with Gasteiger partial charge in [0.1, 0.15) is 34.8 Å². The Kier molecular flexibility index (Phi) is 20.2. The summed E-state index contributed by atoms with van der Waals surface area (Å²) in [7, 11) is 0. The van der Waals surface area contributed by atoms with Crippen LogP contribution in [0.4, 0.5) is 0 Å². The second-order valence-electron chi connectivity index (χ2n) is 22.5. The summed E-state index contributed by atoms with van der Waals surface area (Å²) in [5.41, 5.74) is 10.6. The molecule has 0 fully saturated rings. The van der Waals surface area contributed by atoms with Crippen molar-refractivity contribution in [1.29, 1.82) is 10.5 Å². The molecule has 10 aromatic rings. The average molecular weight is 1130 g/mol. The highest BCUT2D eigenvalue weighted by Gasteiger charge is 2.37. The first-order valence-electron chi connectivity index (χ1n) is 30.9. The number of fused-ring (bicyclic) bond motifs is 1. The van der Waals surface area contributed by atoms with Gasteiger partial charge in [0.2, 0.25) is 0 Å². The molecule has 0 aliphatic carbocycles. The summed E-state index contributed by atoms with van der Waals surface area (Å²) in [4.78, 5) is 20.5. The van der Waals surface area contributed by atoms with Crippen LogP contribution in [0, 0.1) is 50.4 Å². The first kappa shape index (κ1) is 59.9. The fourth-order valence-corrected chi connectivity index (χ4v) is 12.2. The van der Waals surface area contributed by atoms with Crippen molar-refractivity contribution >= 4 is 57.5 Å². The van der Waals surface area contributed by atoms with E-state index in [2.05, 4.69) is 181 Å². The fraction of sp³-hybridized carbons (Fsp3) is 0.270. The van der Waals surface area contributed by atoms with E-state index in [4.69, 9.17) is 29.4 Å². The average Bonchev–Trinajstić information content (AvgIpc) is 1.56. The lowest BCUT2D eigenvalue weighted by molar-refractivity contribution is 0.304. The van der Waals surface area contributed by atoms with Crippen LogP contribution in [0.1, 0.15) is 125 Å². The Morgan fingerprint density at radius 2 is 0.686 bits per heavy atom. The third-order valence-corrected chi connectivity index (χ3v) is 16.0. The van der Waals surface area contributed by atoms with Gasteiger partial charge in [-0.2, -0.15) is 10.5 Å². The number of rotatable bonds is 26. The van der Waals surface area contributed by atoms with Gasteiger partial charge in [0.25, 0.3) is 0 Å². The van der Waals surface area contributed by atoms with Crippen molar-refractivity contribution in [3.8, 4) is 46.2 Å². The molecule has 0 saturated heterocycles. The lowest BCUT2D eigenvalue weighted by atomic mass is 9.50. The SMILES string of the molecule is CCCCCCCCOc1ccc(-c2c3/c(=C(\C#N)c4nc(C)cc(C)n4)n(B(c4ccccc4)c4ccccc4)c(-c4ccc(OCCCCCCCC)cc4)c3/c(=C(\C#N)c3nc(C)cc(C)n3)n2B(c2ccccc2)c2ccccc2)cc1. The van der Waals surface area contributed by atoms with E-state index in [1.165, 1.54) is 51.4 Å². The zero-order chi connectivity index (χ0) is 59.8. The van der Waals surface area contributed by atoms with Crippen molar-refractivity contribution in [3.63, 3.8) is 0 Å². The molecule has 0 spiro atoms. The normalized spacial score (nSPS) is 11.9. The van der Waals surface area contributed by atoms with Crippen LogP contribution < -0.4 is 42.0 Å². The molecule has 430 valence electrons. The van der Waals surface area contributed by atoms with E-state index in [0.29, 0.717) is 35.6 Å². The Morgan fingerprint density at radius 3 is 0.977 bits per heavy atom. The van der Waals surface area contributed by atoms with Crippen molar-refractivity contribution in [2.75, 3.05) is 13.2 Å². The summed E-state index contributed by atoms with van der Waals surface area (Å²) in [6.45, 7) is 12.4. The van der Waals surface area contributed by atoms with E-state index in [-0.39, 0.29) is 11.1 Å². The molecule has 0 amide bonds. The topological polar surface area (TPSA) is 127 Å². The molecule has 10 nitrogen and oxygen atoms in total. The van der Waals surface area contributed by atoms with Gasteiger partial charge in [0, 0.05) is 44.9 Å². The molecule has 0 bridgehead atoms. The van der Waals surface area contributed by atoms with Gasteiger partial charge in [0.15, 0.2) is 11.6 Å². The standard InChI is InChI=1S/C74H76B2N8O2/c1-7-9-11-13-15-29-47-85-63-43-39-57(40-44-63)69-67-68(72(66(52-78)74-81-55(5)50-56(6)82-74)83(69)75(59-31-21-17-22-32-59)60-33-23-18-24-34-60)70(58-41-45-64(46-42-58)86-48-30-16-14-12-10-8-2)84(71(67)65(51-77)73-79-53(3)49-54(4)80-73)76(61-35-25-19-26-36-61)62-37-27-20-28-38-62/h17-28,31-46,49-50H,7-16,29-30,47-48H2,1-6H3/b71-65-,72-66-. The summed E-state index contributed by atoms with van der Waals surface area (Å²) in [5, 5.41) is 27.2. The van der Waals surface area contributed by atoms with Crippen molar-refractivity contribution in [1.82, 2.24) is 28.9 Å². The molecule has 4 heterocycles. The second kappa shape index (κ2) is 29.0. The van der Waals surface area contributed by atoms with Crippen LogP contribution in [0.25, 0.3) is 44.4 Å². The molecule has 0 aliphatic rings. The molecule has 10 rings (SSSR count). The molecular formula is C74H76B2N8O2. The number of unbranched alkanes of at least 4 members (excludes halogenated alkanes) is 10. The smallest absolute Gasteiger partial charge is 0.328 e. The molecule has 86 heavy (non-hydrogen) atoms. The molecule has 0 radical (unpaired) electrons. The quantitative estimate of drug-likeness (QED) is 0.0387. The van der Waals surface area contributed by atoms with Gasteiger partial charge in [-0.1, -0.05) is 221 Å². The number of nitrogens with zero attached hydrogens (tertiary/aromatic N) is 8. The molecule has 0 atom stereocenters. The number of hydrogen-bond acceptors (Lipinski definition) is 8. The van der Waals surface area contributed by atoms with E-state index in [0.717, 1.165) is 115 Å². The monoisotopic (exact) mass is 1130 g/mol. The Labute approximate surface area is 508 Å². The molecule has 0 aliphatic heterocycles. The van der Waals surface area contributed by atoms with Crippen molar-refractivity contribution < 1.29 is 9.47 Å². The van der Waals surface area contributed by atoms with Crippen molar-refractivity contribution in [2.24, 2.45) is 0 Å². The first-order valence-corrected chi connectivity index (χ1v) is 30.9. The summed E-state index contributed by atoms with van der Waals surface area (Å²) in [6, 6.07) is 68.0. The van der Waals surface area contributed by atoms with Crippen LogP contribution in [-0.4, -0.2) is 55.8 Å². The van der Waals surface area contributed by atoms with Crippen molar-refractivity contribution in [2.45, 2.75) is 119 Å². The van der Waals surface area contributed by atoms with Gasteiger partial charge < -0.3 is 18.4 Å². The minimum absolute atomic E-state index is 0.268. The highest BCUT2D eigenvalue weighted by Crippen LogP contribution is 2.37. The number of benzene rings is 6. The zero-order valence-electron chi connectivity index (χ0n) is 50.8. The van der Waals surface area contributed by atoms with Gasteiger partial charge in [-0.05, 0) is 112 Å². The number of hydrogen-bond donors (Lipinski definition) is 0. The van der Waals surface area contributed by atoms with Crippen LogP contribution in [-0.2, 0) is 0 Å². The van der Waals surface area contributed by atoms with Gasteiger partial charge in [-0.25, -0.2) is 19.9 Å². The highest BCUT2D eigenvalue weighted by atomic mass is 16.5.